The van der Waals surface area contributed by atoms with Gasteiger partial charge in [-0.25, -0.2) is 4.79 Å². The van der Waals surface area contributed by atoms with Crippen LogP contribution in [0.1, 0.15) is 33.1 Å². The summed E-state index contributed by atoms with van der Waals surface area (Å²) < 4.78 is 0. The zero-order chi connectivity index (χ0) is 15.9. The summed E-state index contributed by atoms with van der Waals surface area (Å²) in [7, 11) is 0. The van der Waals surface area contributed by atoms with Crippen LogP contribution in [-0.2, 0) is 14.4 Å². The van der Waals surface area contributed by atoms with Gasteiger partial charge < -0.3 is 21.3 Å². The lowest BCUT2D eigenvalue weighted by Crippen LogP contribution is -2.59. The highest BCUT2D eigenvalue weighted by Gasteiger charge is 2.72. The lowest BCUT2D eigenvalue weighted by Gasteiger charge is -2.30. The molecule has 0 saturated heterocycles. The fraction of sp³-hybridized carbons (Fsp3) is 0.786. The predicted molar refractivity (Wildman–Crippen MR) is 80.5 cm³/mol. The molecule has 5 N–H and O–H groups in total. The second-order valence-corrected chi connectivity index (χ2v) is 6.59. The van der Waals surface area contributed by atoms with Crippen molar-refractivity contribution in [3.05, 3.63) is 0 Å². The number of carbonyl (C=O) groups is 3. The molecular weight excluding hydrogens is 312 g/mol. The number of carboxylic acid groups (broad SMARTS) is 2. The molecule has 5 atom stereocenters. The van der Waals surface area contributed by atoms with Gasteiger partial charge >= 0.3 is 11.9 Å². The van der Waals surface area contributed by atoms with Gasteiger partial charge in [-0.15, -0.1) is 12.4 Å². The standard InChI is InChI=1S/C14H22N2O5.ClH/c1-6(2)5-8(15)11(17)16-14(13(20)21)4-3-7-9(10(7)14)12(18)19;/h6-10H,3-5,15H2,1-2H3,(H,16,17)(H,18,19)(H,20,21);1H/t7-,8+,9-,10-,14-;/m0./s1. The molecule has 0 aromatic rings. The second-order valence-electron chi connectivity index (χ2n) is 6.59. The molecule has 1 amide bonds. The molecule has 2 saturated carbocycles. The molecule has 22 heavy (non-hydrogen) atoms. The number of aliphatic carboxylic acids is 2. The van der Waals surface area contributed by atoms with Crippen molar-refractivity contribution in [3.63, 3.8) is 0 Å². The van der Waals surface area contributed by atoms with Crippen LogP contribution < -0.4 is 11.1 Å². The molecule has 2 aliphatic rings. The van der Waals surface area contributed by atoms with Crippen molar-refractivity contribution in [2.45, 2.75) is 44.7 Å². The van der Waals surface area contributed by atoms with Crippen LogP contribution in [0.5, 0.6) is 0 Å². The molecule has 8 heteroatoms. The van der Waals surface area contributed by atoms with Gasteiger partial charge in [0, 0.05) is 5.92 Å². The number of hydrogen-bond acceptors (Lipinski definition) is 4. The second kappa shape index (κ2) is 6.42. The number of nitrogens with two attached hydrogens (primary N) is 1. The molecule has 2 aliphatic carbocycles. The maximum atomic E-state index is 12.1. The zero-order valence-electron chi connectivity index (χ0n) is 12.6. The molecule has 0 unspecified atom stereocenters. The van der Waals surface area contributed by atoms with Crippen molar-refractivity contribution in [3.8, 4) is 0 Å². The number of fused-ring (bicyclic) bond motifs is 1. The molecule has 0 radical (unpaired) electrons. The molecule has 2 fully saturated rings. The van der Waals surface area contributed by atoms with E-state index in [0.29, 0.717) is 12.8 Å². The van der Waals surface area contributed by atoms with Crippen LogP contribution in [0, 0.1) is 23.7 Å². The Morgan fingerprint density at radius 3 is 2.32 bits per heavy atom. The average molecular weight is 335 g/mol. The van der Waals surface area contributed by atoms with E-state index in [4.69, 9.17) is 10.8 Å². The highest BCUT2D eigenvalue weighted by atomic mass is 35.5. The van der Waals surface area contributed by atoms with Crippen LogP contribution in [0.4, 0.5) is 0 Å². The molecule has 0 aliphatic heterocycles. The first kappa shape index (κ1) is 18.7. The number of nitrogens with one attached hydrogen (secondary N) is 1. The largest absolute Gasteiger partial charge is 0.481 e. The van der Waals surface area contributed by atoms with E-state index in [-0.39, 0.29) is 30.7 Å². The van der Waals surface area contributed by atoms with Crippen LogP contribution in [0.2, 0.25) is 0 Å². The maximum absolute atomic E-state index is 12.1. The Bertz CT molecular complexity index is 484. The third kappa shape index (κ3) is 3.05. The van der Waals surface area contributed by atoms with Gasteiger partial charge in [-0.3, -0.25) is 9.59 Å². The summed E-state index contributed by atoms with van der Waals surface area (Å²) >= 11 is 0. The summed E-state index contributed by atoms with van der Waals surface area (Å²) in [5, 5.41) is 21.2. The first-order chi connectivity index (χ1) is 9.70. The Morgan fingerprint density at radius 2 is 1.91 bits per heavy atom. The summed E-state index contributed by atoms with van der Waals surface area (Å²) in [4.78, 5) is 34.9. The third-order valence-electron chi connectivity index (χ3n) is 4.68. The van der Waals surface area contributed by atoms with E-state index >= 15 is 0 Å². The van der Waals surface area contributed by atoms with Crippen molar-refractivity contribution >= 4 is 30.3 Å². The number of carbonyl (C=O) groups excluding carboxylic acids is 1. The average Bonchev–Trinajstić information content (AvgIpc) is 2.98. The number of halogens is 1. The third-order valence-corrected chi connectivity index (χ3v) is 4.68. The Morgan fingerprint density at radius 1 is 1.32 bits per heavy atom. The van der Waals surface area contributed by atoms with Crippen molar-refractivity contribution in [2.24, 2.45) is 29.4 Å². The SMILES string of the molecule is CC(C)C[C@@H](N)C(=O)N[C@@]1(C(=O)O)CC[C@H]2[C@H](C(=O)O)[C@H]21.Cl. The van der Waals surface area contributed by atoms with E-state index in [9.17, 15) is 19.5 Å². The molecule has 126 valence electrons. The Kier molecular flexibility index (Phi) is 5.46. The molecule has 0 bridgehead atoms. The number of hydrogen-bond donors (Lipinski definition) is 4. The predicted octanol–water partition coefficient (Wildman–Crippen LogP) is 0.462. The molecule has 0 aromatic carbocycles. The van der Waals surface area contributed by atoms with Crippen molar-refractivity contribution < 1.29 is 24.6 Å². The monoisotopic (exact) mass is 334 g/mol. The Labute approximate surface area is 135 Å². The van der Waals surface area contributed by atoms with Crippen molar-refractivity contribution in [1.82, 2.24) is 5.32 Å². The van der Waals surface area contributed by atoms with Gasteiger partial charge in [-0.2, -0.15) is 0 Å². The lowest BCUT2D eigenvalue weighted by atomic mass is 9.89. The molecule has 7 nitrogen and oxygen atoms in total. The topological polar surface area (TPSA) is 130 Å². The summed E-state index contributed by atoms with van der Waals surface area (Å²) in [5.74, 6) is -3.79. The van der Waals surface area contributed by atoms with E-state index in [1.165, 1.54) is 0 Å². The van der Waals surface area contributed by atoms with Gasteiger partial charge in [0.2, 0.25) is 5.91 Å². The van der Waals surface area contributed by atoms with Crippen LogP contribution in [0.25, 0.3) is 0 Å². The van der Waals surface area contributed by atoms with Gasteiger partial charge in [-0.1, -0.05) is 13.8 Å². The van der Waals surface area contributed by atoms with Gasteiger partial charge in [0.05, 0.1) is 12.0 Å². The molecule has 0 heterocycles. The molecular formula is C14H23ClN2O5. The normalized spacial score (nSPS) is 33.5. The van der Waals surface area contributed by atoms with Crippen LogP contribution in [0.3, 0.4) is 0 Å². The lowest BCUT2D eigenvalue weighted by molar-refractivity contribution is -0.150. The van der Waals surface area contributed by atoms with Crippen molar-refractivity contribution in [1.29, 1.82) is 0 Å². The summed E-state index contributed by atoms with van der Waals surface area (Å²) in [5.41, 5.74) is 4.31. The fourth-order valence-corrected chi connectivity index (χ4v) is 3.68. The fourth-order valence-electron chi connectivity index (χ4n) is 3.68. The molecule has 2 rings (SSSR count). The van der Waals surface area contributed by atoms with E-state index in [0.717, 1.165) is 0 Å². The van der Waals surface area contributed by atoms with Crippen LogP contribution in [0.15, 0.2) is 0 Å². The van der Waals surface area contributed by atoms with Crippen molar-refractivity contribution in [2.75, 3.05) is 0 Å². The maximum Gasteiger partial charge on any atom is 0.329 e. The number of rotatable bonds is 6. The molecule has 0 spiro atoms. The zero-order valence-corrected chi connectivity index (χ0v) is 13.4. The minimum absolute atomic E-state index is 0. The Hall–Kier alpha value is -1.34. The molecule has 0 aromatic heterocycles. The summed E-state index contributed by atoms with van der Waals surface area (Å²) in [6.45, 7) is 3.85. The van der Waals surface area contributed by atoms with Gasteiger partial charge in [-0.05, 0) is 31.1 Å². The first-order valence-electron chi connectivity index (χ1n) is 7.24. The minimum Gasteiger partial charge on any atom is -0.481 e. The highest BCUT2D eigenvalue weighted by Crippen LogP contribution is 2.62. The highest BCUT2D eigenvalue weighted by molar-refractivity contribution is 5.92. The summed E-state index contributed by atoms with van der Waals surface area (Å²) in [6.07, 6.45) is 1.23. The summed E-state index contributed by atoms with van der Waals surface area (Å²) in [6, 6.07) is -0.776. The van der Waals surface area contributed by atoms with Crippen LogP contribution >= 0.6 is 12.4 Å². The van der Waals surface area contributed by atoms with Crippen LogP contribution in [-0.4, -0.2) is 39.6 Å². The number of carboxylic acids is 2. The Balaban J connectivity index is 0.00000242. The quantitative estimate of drug-likeness (QED) is 0.558. The van der Waals surface area contributed by atoms with Gasteiger partial charge in [0.25, 0.3) is 0 Å². The smallest absolute Gasteiger partial charge is 0.329 e. The van der Waals surface area contributed by atoms with Gasteiger partial charge in [0.1, 0.15) is 5.54 Å². The van der Waals surface area contributed by atoms with E-state index in [1.807, 2.05) is 13.8 Å². The number of amides is 1. The van der Waals surface area contributed by atoms with E-state index in [2.05, 4.69) is 5.32 Å². The van der Waals surface area contributed by atoms with E-state index < -0.39 is 41.3 Å². The van der Waals surface area contributed by atoms with Gasteiger partial charge in [0.15, 0.2) is 0 Å². The first-order valence-corrected chi connectivity index (χ1v) is 7.24. The van der Waals surface area contributed by atoms with E-state index in [1.54, 1.807) is 0 Å². The minimum atomic E-state index is -1.47.